The molecule has 0 aliphatic carbocycles. The first-order chi connectivity index (χ1) is 17.7. The van der Waals surface area contributed by atoms with E-state index in [1.165, 1.54) is 20.3 Å². The second-order valence-electron chi connectivity index (χ2n) is 9.61. The van der Waals surface area contributed by atoms with E-state index >= 15 is 8.78 Å². The average molecular weight is 511 g/mol. The van der Waals surface area contributed by atoms with Gasteiger partial charge in [0.05, 0.1) is 32.3 Å². The fourth-order valence-electron chi connectivity index (χ4n) is 4.16. The number of halogens is 2. The molecule has 0 saturated carbocycles. The van der Waals surface area contributed by atoms with Gasteiger partial charge in [0.2, 0.25) is 0 Å². The second-order valence-corrected chi connectivity index (χ2v) is 9.61. The maximum Gasteiger partial charge on any atom is 0.191 e. The number of aromatic nitrogens is 5. The van der Waals surface area contributed by atoms with E-state index in [-0.39, 0.29) is 23.1 Å². The molecule has 0 amide bonds. The predicted octanol–water partition coefficient (Wildman–Crippen LogP) is 5.93. The van der Waals surface area contributed by atoms with Gasteiger partial charge in [-0.1, -0.05) is 27.2 Å². The lowest BCUT2D eigenvalue weighted by Crippen LogP contribution is -2.27. The first kappa shape index (κ1) is 26.2. The topological polar surface area (TPSA) is 78.2 Å². The zero-order valence-electron chi connectivity index (χ0n) is 22.0. The Morgan fingerprint density at radius 3 is 2.27 bits per heavy atom. The summed E-state index contributed by atoms with van der Waals surface area (Å²) in [7, 11) is 4.48. The third-order valence-corrected chi connectivity index (χ3v) is 6.22. The van der Waals surface area contributed by atoms with Gasteiger partial charge in [0.1, 0.15) is 17.0 Å². The molecule has 0 fully saturated rings. The lowest BCUT2D eigenvalue weighted by Gasteiger charge is -2.29. The van der Waals surface area contributed by atoms with Crippen LogP contribution in [0.3, 0.4) is 0 Å². The van der Waals surface area contributed by atoms with Crippen molar-refractivity contribution in [1.82, 2.24) is 24.7 Å². The van der Waals surface area contributed by atoms with Gasteiger partial charge in [-0.25, -0.2) is 18.7 Å². The number of hydrogen-bond donors (Lipinski definition) is 0. The fourth-order valence-corrected chi connectivity index (χ4v) is 4.16. The van der Waals surface area contributed by atoms with E-state index in [4.69, 9.17) is 14.5 Å². The van der Waals surface area contributed by atoms with Gasteiger partial charge in [0.25, 0.3) is 0 Å². The number of fused-ring (bicyclic) bond motifs is 1. The molecule has 3 heterocycles. The van der Waals surface area contributed by atoms with Crippen LogP contribution in [0.1, 0.15) is 33.6 Å². The van der Waals surface area contributed by atoms with Gasteiger partial charge >= 0.3 is 0 Å². The first-order valence-electron chi connectivity index (χ1n) is 12.2. The molecule has 0 N–H and O–H groups in total. The van der Waals surface area contributed by atoms with Crippen LogP contribution >= 0.6 is 0 Å². The van der Waals surface area contributed by atoms with Crippen LogP contribution in [0, 0.1) is 23.5 Å². The summed E-state index contributed by atoms with van der Waals surface area (Å²) >= 11 is 0. The summed E-state index contributed by atoms with van der Waals surface area (Å²) in [6, 6.07) is 4.64. The molecule has 196 valence electrons. The van der Waals surface area contributed by atoms with Gasteiger partial charge in [-0.3, -0.25) is 9.67 Å². The summed E-state index contributed by atoms with van der Waals surface area (Å²) < 4.78 is 43.3. The molecule has 37 heavy (non-hydrogen) atoms. The standard InChI is InChI=1S/C27H32F2N6O2/c1-16(2)7-8-17(3)14-35(26-24(28)21(36-5)11-22(37-6)25(26)29)23-10-9-19-27(33-23)32-20(13-30-19)18-12-31-34(4)15-18/h9-13,15-17H,7-8,14H2,1-6H3. The normalized spacial score (nSPS) is 12.2. The van der Waals surface area contributed by atoms with Crippen molar-refractivity contribution in [3.8, 4) is 22.8 Å². The van der Waals surface area contributed by atoms with Crippen LogP contribution in [0.4, 0.5) is 20.3 Å². The van der Waals surface area contributed by atoms with Gasteiger partial charge in [-0.15, -0.1) is 0 Å². The average Bonchev–Trinajstić information content (AvgIpc) is 3.32. The van der Waals surface area contributed by atoms with Gasteiger partial charge < -0.3 is 14.4 Å². The first-order valence-corrected chi connectivity index (χ1v) is 12.2. The molecule has 0 saturated heterocycles. The van der Waals surface area contributed by atoms with E-state index in [9.17, 15) is 0 Å². The zero-order valence-corrected chi connectivity index (χ0v) is 22.0. The molecule has 1 aromatic carbocycles. The second kappa shape index (κ2) is 11.1. The van der Waals surface area contributed by atoms with E-state index < -0.39 is 11.6 Å². The number of aryl methyl sites for hydroxylation is 1. The summed E-state index contributed by atoms with van der Waals surface area (Å²) in [4.78, 5) is 15.4. The summed E-state index contributed by atoms with van der Waals surface area (Å²) in [5.74, 6) is -0.914. The Labute approximate surface area is 215 Å². The minimum Gasteiger partial charge on any atom is -0.493 e. The lowest BCUT2D eigenvalue weighted by molar-refractivity contribution is 0.358. The SMILES string of the molecule is COc1cc(OC)c(F)c(N(CC(C)CCC(C)C)c2ccc3ncc(-c4cnn(C)c4)nc3n2)c1F. The number of hydrogen-bond acceptors (Lipinski definition) is 7. The summed E-state index contributed by atoms with van der Waals surface area (Å²) in [5.41, 5.74) is 2.03. The van der Waals surface area contributed by atoms with Crippen molar-refractivity contribution in [2.45, 2.75) is 33.6 Å². The highest BCUT2D eigenvalue weighted by Crippen LogP contribution is 2.40. The molecule has 0 aliphatic rings. The number of benzene rings is 1. The van der Waals surface area contributed by atoms with Crippen LogP contribution < -0.4 is 14.4 Å². The smallest absolute Gasteiger partial charge is 0.191 e. The highest BCUT2D eigenvalue weighted by atomic mass is 19.1. The van der Waals surface area contributed by atoms with Gasteiger partial charge in [0, 0.05) is 31.4 Å². The molecule has 4 rings (SSSR count). The Balaban J connectivity index is 1.84. The molecular weight excluding hydrogens is 478 g/mol. The number of anilines is 2. The maximum atomic E-state index is 15.6. The van der Waals surface area contributed by atoms with Crippen LogP contribution in [-0.4, -0.2) is 45.5 Å². The molecule has 0 radical (unpaired) electrons. The van der Waals surface area contributed by atoms with E-state index in [1.807, 2.05) is 13.2 Å². The van der Waals surface area contributed by atoms with E-state index in [2.05, 4.69) is 35.8 Å². The van der Waals surface area contributed by atoms with Crippen LogP contribution in [-0.2, 0) is 7.05 Å². The zero-order chi connectivity index (χ0) is 26.7. The Hall–Kier alpha value is -3.82. The van der Waals surface area contributed by atoms with Crippen LogP contribution in [0.2, 0.25) is 0 Å². The molecule has 1 atom stereocenters. The van der Waals surface area contributed by atoms with Crippen molar-refractivity contribution in [1.29, 1.82) is 0 Å². The van der Waals surface area contributed by atoms with Gasteiger partial charge in [0.15, 0.2) is 28.8 Å². The Bertz CT molecular complexity index is 1360. The maximum absolute atomic E-state index is 15.6. The number of pyridine rings is 1. The third-order valence-electron chi connectivity index (χ3n) is 6.22. The van der Waals surface area contributed by atoms with Crippen molar-refractivity contribution in [3.63, 3.8) is 0 Å². The predicted molar refractivity (Wildman–Crippen MR) is 139 cm³/mol. The molecule has 0 bridgehead atoms. The molecule has 3 aromatic heterocycles. The van der Waals surface area contributed by atoms with E-state index in [1.54, 1.807) is 34.1 Å². The van der Waals surface area contributed by atoms with E-state index in [0.717, 1.165) is 18.4 Å². The monoisotopic (exact) mass is 510 g/mol. The molecule has 8 nitrogen and oxygen atoms in total. The minimum absolute atomic E-state index is 0.115. The number of nitrogens with zero attached hydrogens (tertiary/aromatic N) is 6. The molecule has 1 unspecified atom stereocenters. The third kappa shape index (κ3) is 5.63. The number of rotatable bonds is 10. The molecule has 4 aromatic rings. The Morgan fingerprint density at radius 1 is 0.973 bits per heavy atom. The molecule has 0 aliphatic heterocycles. The minimum atomic E-state index is -0.825. The highest BCUT2D eigenvalue weighted by Gasteiger charge is 2.28. The van der Waals surface area contributed by atoms with Crippen molar-refractivity contribution in [2.24, 2.45) is 18.9 Å². The number of methoxy groups -OCH3 is 2. The van der Waals surface area contributed by atoms with E-state index in [0.29, 0.717) is 35.1 Å². The number of ether oxygens (including phenoxy) is 2. The molecular formula is C27H32F2N6O2. The Kier molecular flexibility index (Phi) is 7.85. The highest BCUT2D eigenvalue weighted by molar-refractivity contribution is 5.77. The molecule has 10 heteroatoms. The van der Waals surface area contributed by atoms with Crippen LogP contribution in [0.25, 0.3) is 22.4 Å². The van der Waals surface area contributed by atoms with Crippen LogP contribution in [0.15, 0.2) is 36.8 Å². The van der Waals surface area contributed by atoms with Gasteiger partial charge in [-0.05, 0) is 30.4 Å². The summed E-state index contributed by atoms with van der Waals surface area (Å²) in [6.07, 6.45) is 7.05. The summed E-state index contributed by atoms with van der Waals surface area (Å²) in [5, 5.41) is 4.19. The largest absolute Gasteiger partial charge is 0.493 e. The van der Waals surface area contributed by atoms with Crippen molar-refractivity contribution < 1.29 is 18.3 Å². The van der Waals surface area contributed by atoms with Crippen molar-refractivity contribution >= 4 is 22.7 Å². The summed E-state index contributed by atoms with van der Waals surface area (Å²) in [6.45, 7) is 6.69. The van der Waals surface area contributed by atoms with Crippen molar-refractivity contribution in [2.75, 3.05) is 25.7 Å². The fraction of sp³-hybridized carbons (Fsp3) is 0.407. The van der Waals surface area contributed by atoms with Crippen molar-refractivity contribution in [3.05, 3.63) is 48.4 Å². The molecule has 0 spiro atoms. The van der Waals surface area contributed by atoms with Gasteiger partial charge in [-0.2, -0.15) is 5.10 Å². The van der Waals surface area contributed by atoms with Crippen LogP contribution in [0.5, 0.6) is 11.5 Å². The quantitative estimate of drug-likeness (QED) is 0.262. The lowest BCUT2D eigenvalue weighted by atomic mass is 9.98. The Morgan fingerprint density at radius 2 is 1.68 bits per heavy atom.